The summed E-state index contributed by atoms with van der Waals surface area (Å²) in [6.07, 6.45) is 3.94. The van der Waals surface area contributed by atoms with Crippen LogP contribution in [0.3, 0.4) is 0 Å². The Kier molecular flexibility index (Phi) is 4.41. The van der Waals surface area contributed by atoms with Crippen LogP contribution in [0.4, 0.5) is 0 Å². The van der Waals surface area contributed by atoms with E-state index >= 15 is 0 Å². The molecule has 4 heteroatoms. The number of thiophene rings is 1. The van der Waals surface area contributed by atoms with Gasteiger partial charge < -0.3 is 10.2 Å². The molecule has 2 nitrogen and oxygen atoms in total. The minimum Gasteiger partial charge on any atom is -0.309 e. The van der Waals surface area contributed by atoms with Crippen molar-refractivity contribution in [2.75, 3.05) is 14.1 Å². The first-order valence-electron chi connectivity index (χ1n) is 5.79. The van der Waals surface area contributed by atoms with Crippen molar-refractivity contribution >= 4 is 27.3 Å². The van der Waals surface area contributed by atoms with E-state index in [9.17, 15) is 0 Å². The molecule has 1 heterocycles. The Morgan fingerprint density at radius 1 is 1.44 bits per heavy atom. The summed E-state index contributed by atoms with van der Waals surface area (Å²) in [5.74, 6) is 0. The topological polar surface area (TPSA) is 15.3 Å². The quantitative estimate of drug-likeness (QED) is 0.919. The van der Waals surface area contributed by atoms with E-state index < -0.39 is 0 Å². The van der Waals surface area contributed by atoms with Gasteiger partial charge in [0.1, 0.15) is 0 Å². The third-order valence-electron chi connectivity index (χ3n) is 3.33. The fourth-order valence-electron chi connectivity index (χ4n) is 2.30. The molecule has 2 rings (SSSR count). The zero-order valence-electron chi connectivity index (χ0n) is 9.87. The van der Waals surface area contributed by atoms with E-state index in [1.807, 2.05) is 11.3 Å². The number of nitrogens with zero attached hydrogens (tertiary/aromatic N) is 1. The van der Waals surface area contributed by atoms with Gasteiger partial charge in [-0.2, -0.15) is 0 Å². The van der Waals surface area contributed by atoms with Crippen LogP contribution >= 0.6 is 27.3 Å². The summed E-state index contributed by atoms with van der Waals surface area (Å²) in [4.78, 5) is 3.77. The lowest BCUT2D eigenvalue weighted by atomic mass is 10.2. The Labute approximate surface area is 110 Å². The maximum absolute atomic E-state index is 3.66. The number of rotatable bonds is 4. The molecule has 1 aliphatic rings. The molecule has 0 saturated heterocycles. The first-order valence-corrected chi connectivity index (χ1v) is 7.40. The third kappa shape index (κ3) is 3.29. The van der Waals surface area contributed by atoms with E-state index in [4.69, 9.17) is 0 Å². The van der Waals surface area contributed by atoms with Crippen LogP contribution in [-0.2, 0) is 6.54 Å². The lowest BCUT2D eigenvalue weighted by Gasteiger charge is -2.19. The van der Waals surface area contributed by atoms with E-state index in [1.54, 1.807) is 0 Å². The Bertz CT molecular complexity index is 338. The van der Waals surface area contributed by atoms with Crippen LogP contribution in [0.25, 0.3) is 0 Å². The lowest BCUT2D eigenvalue weighted by molar-refractivity contribution is 0.293. The SMILES string of the molecule is CN(C)C1CCC(NCc2ccc(Br)s2)C1. The normalized spacial score (nSPS) is 25.5. The molecular weight excluding hydrogens is 284 g/mol. The van der Waals surface area contributed by atoms with Crippen LogP contribution in [0, 0.1) is 0 Å². The van der Waals surface area contributed by atoms with Crippen LogP contribution in [0.2, 0.25) is 0 Å². The Balaban J connectivity index is 1.75. The summed E-state index contributed by atoms with van der Waals surface area (Å²) in [7, 11) is 4.37. The second-order valence-electron chi connectivity index (χ2n) is 4.71. The summed E-state index contributed by atoms with van der Waals surface area (Å²) in [6.45, 7) is 1.01. The second kappa shape index (κ2) is 5.63. The molecule has 1 N–H and O–H groups in total. The number of nitrogens with one attached hydrogen (secondary N) is 1. The Hall–Kier alpha value is 0.1000. The van der Waals surface area contributed by atoms with Gasteiger partial charge in [-0.25, -0.2) is 0 Å². The molecule has 1 aliphatic carbocycles. The first-order chi connectivity index (χ1) is 7.65. The van der Waals surface area contributed by atoms with Crippen molar-refractivity contribution in [3.05, 3.63) is 20.8 Å². The molecule has 0 aliphatic heterocycles. The zero-order valence-corrected chi connectivity index (χ0v) is 12.3. The van der Waals surface area contributed by atoms with Gasteiger partial charge in [-0.1, -0.05) is 0 Å². The molecule has 2 atom stereocenters. The molecule has 0 radical (unpaired) electrons. The van der Waals surface area contributed by atoms with Gasteiger partial charge in [-0.3, -0.25) is 0 Å². The molecule has 1 saturated carbocycles. The van der Waals surface area contributed by atoms with E-state index in [2.05, 4.69) is 52.4 Å². The van der Waals surface area contributed by atoms with Gasteiger partial charge in [-0.05, 0) is 61.4 Å². The molecule has 0 amide bonds. The summed E-state index contributed by atoms with van der Waals surface area (Å²) < 4.78 is 1.22. The molecule has 0 aromatic carbocycles. The van der Waals surface area contributed by atoms with E-state index in [0.29, 0.717) is 6.04 Å². The molecule has 0 spiro atoms. The minimum absolute atomic E-state index is 0.702. The number of halogens is 1. The van der Waals surface area contributed by atoms with Crippen LogP contribution in [0.15, 0.2) is 15.9 Å². The van der Waals surface area contributed by atoms with Gasteiger partial charge in [-0.15, -0.1) is 11.3 Å². The number of hydrogen-bond acceptors (Lipinski definition) is 3. The van der Waals surface area contributed by atoms with Crippen molar-refractivity contribution in [3.63, 3.8) is 0 Å². The summed E-state index contributed by atoms with van der Waals surface area (Å²) >= 11 is 5.32. The van der Waals surface area contributed by atoms with Crippen LogP contribution in [-0.4, -0.2) is 31.1 Å². The molecule has 2 unspecified atom stereocenters. The standard InChI is InChI=1S/C12H19BrN2S/c1-15(2)10-4-3-9(7-10)14-8-11-5-6-12(13)16-11/h5-6,9-10,14H,3-4,7-8H2,1-2H3. The molecule has 1 aromatic heterocycles. The van der Waals surface area contributed by atoms with Crippen LogP contribution < -0.4 is 5.32 Å². The second-order valence-corrected chi connectivity index (χ2v) is 7.26. The van der Waals surface area contributed by atoms with Gasteiger partial charge in [0.25, 0.3) is 0 Å². The van der Waals surface area contributed by atoms with Gasteiger partial charge in [0.15, 0.2) is 0 Å². The minimum atomic E-state index is 0.702. The summed E-state index contributed by atoms with van der Waals surface area (Å²) in [5, 5.41) is 3.66. The Morgan fingerprint density at radius 3 is 2.81 bits per heavy atom. The van der Waals surface area contributed by atoms with Crippen molar-refractivity contribution in [2.24, 2.45) is 0 Å². The third-order valence-corrected chi connectivity index (χ3v) is 4.95. The highest BCUT2D eigenvalue weighted by Crippen LogP contribution is 2.25. The summed E-state index contributed by atoms with van der Waals surface area (Å²) in [5.41, 5.74) is 0. The van der Waals surface area contributed by atoms with Crippen LogP contribution in [0.5, 0.6) is 0 Å². The van der Waals surface area contributed by atoms with E-state index in [1.165, 1.54) is 27.9 Å². The van der Waals surface area contributed by atoms with Gasteiger partial charge in [0, 0.05) is 23.5 Å². The maximum atomic E-state index is 3.66. The predicted molar refractivity (Wildman–Crippen MR) is 74.0 cm³/mol. The first kappa shape index (κ1) is 12.6. The molecule has 1 fully saturated rings. The van der Waals surface area contributed by atoms with Crippen molar-refractivity contribution in [2.45, 2.75) is 37.9 Å². The van der Waals surface area contributed by atoms with Crippen molar-refractivity contribution in [1.82, 2.24) is 10.2 Å². The van der Waals surface area contributed by atoms with Crippen LogP contribution in [0.1, 0.15) is 24.1 Å². The average Bonchev–Trinajstić information content (AvgIpc) is 2.83. The van der Waals surface area contributed by atoms with Crippen molar-refractivity contribution in [1.29, 1.82) is 0 Å². The monoisotopic (exact) mass is 302 g/mol. The highest BCUT2D eigenvalue weighted by Gasteiger charge is 2.25. The number of hydrogen-bond donors (Lipinski definition) is 1. The predicted octanol–water partition coefficient (Wildman–Crippen LogP) is 3.08. The van der Waals surface area contributed by atoms with E-state index in [-0.39, 0.29) is 0 Å². The lowest BCUT2D eigenvalue weighted by Crippen LogP contribution is -2.30. The largest absolute Gasteiger partial charge is 0.309 e. The van der Waals surface area contributed by atoms with Crippen molar-refractivity contribution < 1.29 is 0 Å². The molecule has 0 bridgehead atoms. The highest BCUT2D eigenvalue weighted by atomic mass is 79.9. The smallest absolute Gasteiger partial charge is 0.0701 e. The fourth-order valence-corrected chi connectivity index (χ4v) is 3.74. The fraction of sp³-hybridized carbons (Fsp3) is 0.667. The van der Waals surface area contributed by atoms with Gasteiger partial charge >= 0.3 is 0 Å². The van der Waals surface area contributed by atoms with E-state index in [0.717, 1.165) is 12.6 Å². The zero-order chi connectivity index (χ0) is 11.5. The molecule has 1 aromatic rings. The average molecular weight is 303 g/mol. The molecule has 16 heavy (non-hydrogen) atoms. The Morgan fingerprint density at radius 2 is 2.25 bits per heavy atom. The molecule has 90 valence electrons. The molecular formula is C12H19BrN2S. The van der Waals surface area contributed by atoms with Gasteiger partial charge in [0.2, 0.25) is 0 Å². The highest BCUT2D eigenvalue weighted by molar-refractivity contribution is 9.11. The van der Waals surface area contributed by atoms with Crippen molar-refractivity contribution in [3.8, 4) is 0 Å². The van der Waals surface area contributed by atoms with Gasteiger partial charge in [0.05, 0.1) is 3.79 Å². The maximum Gasteiger partial charge on any atom is 0.0701 e. The summed E-state index contributed by atoms with van der Waals surface area (Å²) in [6, 6.07) is 5.79.